The summed E-state index contributed by atoms with van der Waals surface area (Å²) in [7, 11) is 1.44. The van der Waals surface area contributed by atoms with Crippen molar-refractivity contribution in [1.29, 1.82) is 0 Å². The molecular formula is C16H15NO5S2. The van der Waals surface area contributed by atoms with Crippen molar-refractivity contribution in [2.75, 3.05) is 18.6 Å². The van der Waals surface area contributed by atoms with Crippen LogP contribution in [0.25, 0.3) is 0 Å². The average molecular weight is 365 g/mol. The van der Waals surface area contributed by atoms with E-state index in [0.29, 0.717) is 16.9 Å². The van der Waals surface area contributed by atoms with Crippen molar-refractivity contribution in [1.82, 2.24) is 4.90 Å². The van der Waals surface area contributed by atoms with Crippen molar-refractivity contribution >= 4 is 40.5 Å². The first-order valence-corrected chi connectivity index (χ1v) is 9.23. The third kappa shape index (κ3) is 2.97. The summed E-state index contributed by atoms with van der Waals surface area (Å²) in [6, 6.07) is 8.82. The molecular weight excluding hydrogens is 350 g/mol. The number of thioether (sulfide) groups is 2. The second kappa shape index (κ2) is 7.00. The Morgan fingerprint density at radius 2 is 2.08 bits per heavy atom. The van der Waals surface area contributed by atoms with E-state index < -0.39 is 12.1 Å². The number of carbonyl (C=O) groups is 3. The zero-order chi connectivity index (χ0) is 17.3. The van der Waals surface area contributed by atoms with Gasteiger partial charge in [-0.05, 0) is 5.57 Å². The third-order valence-electron chi connectivity index (χ3n) is 3.84. The number of benzene rings is 1. The van der Waals surface area contributed by atoms with Crippen LogP contribution < -0.4 is 0 Å². The molecule has 24 heavy (non-hydrogen) atoms. The van der Waals surface area contributed by atoms with E-state index in [4.69, 9.17) is 4.74 Å². The summed E-state index contributed by atoms with van der Waals surface area (Å²) >= 11 is 2.51. The van der Waals surface area contributed by atoms with Crippen molar-refractivity contribution in [3.63, 3.8) is 0 Å². The van der Waals surface area contributed by atoms with E-state index >= 15 is 0 Å². The summed E-state index contributed by atoms with van der Waals surface area (Å²) < 4.78 is 5.10. The molecule has 0 bridgehead atoms. The van der Waals surface area contributed by atoms with Gasteiger partial charge in [-0.25, -0.2) is 4.79 Å². The monoisotopic (exact) mass is 365 g/mol. The largest absolute Gasteiger partial charge is 0.477 e. The number of aliphatic carboxylic acids is 1. The normalized spacial score (nSPS) is 22.9. The number of carboxylic acid groups (broad SMARTS) is 1. The highest BCUT2D eigenvalue weighted by molar-refractivity contribution is 8.14. The Hall–Kier alpha value is -1.77. The Bertz CT molecular complexity index is 718. The Kier molecular flexibility index (Phi) is 4.98. The van der Waals surface area contributed by atoms with Gasteiger partial charge in [0.25, 0.3) is 5.91 Å². The number of hydrogen-bond acceptors (Lipinski definition) is 6. The highest BCUT2D eigenvalue weighted by Gasteiger charge is 2.53. The van der Waals surface area contributed by atoms with E-state index in [1.165, 1.54) is 23.8 Å². The second-order valence-electron chi connectivity index (χ2n) is 5.27. The summed E-state index contributed by atoms with van der Waals surface area (Å²) in [5.41, 5.74) is 1.15. The number of fused-ring (bicyclic) bond motifs is 1. The van der Waals surface area contributed by atoms with Crippen LogP contribution in [0.1, 0.15) is 10.4 Å². The maximum atomic E-state index is 12.2. The van der Waals surface area contributed by atoms with E-state index in [-0.39, 0.29) is 27.8 Å². The standard InChI is InChI=1S/C16H15NO5S2/c1-22-12-13(18)17-11(15(19)20)10(7-23-14(12)17)8-24-16(21)9-5-3-2-4-6-9/h2-6,12,14H,7-8H2,1H3,(H,19,20)/t12-,14+/m0/s1. The molecule has 1 amide bonds. The number of carboxylic acids is 1. The molecule has 1 aromatic carbocycles. The zero-order valence-electron chi connectivity index (χ0n) is 12.8. The van der Waals surface area contributed by atoms with Crippen LogP contribution in [0.15, 0.2) is 41.6 Å². The summed E-state index contributed by atoms with van der Waals surface area (Å²) in [6.07, 6.45) is -0.593. The molecule has 1 aromatic rings. The van der Waals surface area contributed by atoms with Crippen LogP contribution in [-0.4, -0.2) is 57.1 Å². The van der Waals surface area contributed by atoms with Crippen LogP contribution in [0.5, 0.6) is 0 Å². The molecule has 6 nitrogen and oxygen atoms in total. The van der Waals surface area contributed by atoms with Crippen molar-refractivity contribution in [3.05, 3.63) is 47.2 Å². The Labute approximate surface area is 147 Å². The Balaban J connectivity index is 1.76. The van der Waals surface area contributed by atoms with Crippen LogP contribution in [0, 0.1) is 0 Å². The van der Waals surface area contributed by atoms with Gasteiger partial charge in [0, 0.05) is 24.2 Å². The first-order valence-electron chi connectivity index (χ1n) is 7.19. The Morgan fingerprint density at radius 1 is 1.38 bits per heavy atom. The number of hydrogen-bond donors (Lipinski definition) is 1. The van der Waals surface area contributed by atoms with Gasteiger partial charge >= 0.3 is 5.97 Å². The van der Waals surface area contributed by atoms with Gasteiger partial charge in [-0.2, -0.15) is 0 Å². The number of nitrogens with zero attached hydrogens (tertiary/aromatic N) is 1. The van der Waals surface area contributed by atoms with Gasteiger partial charge in [0.1, 0.15) is 11.1 Å². The molecule has 2 heterocycles. The minimum atomic E-state index is -1.15. The molecule has 0 saturated carbocycles. The predicted molar refractivity (Wildman–Crippen MR) is 91.8 cm³/mol. The molecule has 0 aliphatic carbocycles. The van der Waals surface area contributed by atoms with Gasteiger partial charge in [-0.1, -0.05) is 42.1 Å². The van der Waals surface area contributed by atoms with Gasteiger partial charge in [-0.3, -0.25) is 14.5 Å². The molecule has 0 unspecified atom stereocenters. The summed E-state index contributed by atoms with van der Waals surface area (Å²) in [5.74, 6) is -0.781. The lowest BCUT2D eigenvalue weighted by atomic mass is 10.1. The molecule has 8 heteroatoms. The summed E-state index contributed by atoms with van der Waals surface area (Å²) in [5, 5.41) is 9.07. The number of carbonyl (C=O) groups excluding carboxylic acids is 2. The molecule has 126 valence electrons. The molecule has 1 saturated heterocycles. The highest BCUT2D eigenvalue weighted by Crippen LogP contribution is 2.42. The number of ether oxygens (including phenoxy) is 1. The SMILES string of the molecule is CO[C@H]1C(=O)N2C(C(=O)O)=C(CSC(=O)c3ccccc3)CS[C@H]12. The van der Waals surface area contributed by atoms with Crippen LogP contribution in [0.2, 0.25) is 0 Å². The van der Waals surface area contributed by atoms with Crippen LogP contribution >= 0.6 is 23.5 Å². The number of rotatable bonds is 5. The molecule has 2 aliphatic rings. The van der Waals surface area contributed by atoms with E-state index in [1.54, 1.807) is 24.3 Å². The van der Waals surface area contributed by atoms with Crippen molar-refractivity contribution in [3.8, 4) is 0 Å². The average Bonchev–Trinajstić information content (AvgIpc) is 2.59. The number of methoxy groups -OCH3 is 1. The van der Waals surface area contributed by atoms with E-state index in [1.807, 2.05) is 6.07 Å². The van der Waals surface area contributed by atoms with E-state index in [9.17, 15) is 19.5 Å². The smallest absolute Gasteiger partial charge is 0.352 e. The highest BCUT2D eigenvalue weighted by atomic mass is 32.2. The van der Waals surface area contributed by atoms with Gasteiger partial charge in [-0.15, -0.1) is 11.8 Å². The van der Waals surface area contributed by atoms with Crippen molar-refractivity contribution in [2.45, 2.75) is 11.5 Å². The van der Waals surface area contributed by atoms with Gasteiger partial charge in [0.2, 0.25) is 5.12 Å². The molecule has 1 N–H and O–H groups in total. The van der Waals surface area contributed by atoms with Crippen LogP contribution in [-0.2, 0) is 14.3 Å². The second-order valence-corrected chi connectivity index (χ2v) is 7.32. The maximum Gasteiger partial charge on any atom is 0.352 e. The fourth-order valence-corrected chi connectivity index (χ4v) is 5.00. The van der Waals surface area contributed by atoms with Gasteiger partial charge < -0.3 is 9.84 Å². The molecule has 0 spiro atoms. The fourth-order valence-electron chi connectivity index (χ4n) is 2.65. The van der Waals surface area contributed by atoms with Crippen LogP contribution in [0.3, 0.4) is 0 Å². The maximum absolute atomic E-state index is 12.2. The summed E-state index contributed by atoms with van der Waals surface area (Å²) in [6.45, 7) is 0. The number of amides is 1. The lowest BCUT2D eigenvalue weighted by Crippen LogP contribution is -2.65. The fraction of sp³-hybridized carbons (Fsp3) is 0.312. The number of β-lactam (4-membered cyclic amide) rings is 1. The van der Waals surface area contributed by atoms with E-state index in [2.05, 4.69) is 0 Å². The molecule has 3 rings (SSSR count). The minimum Gasteiger partial charge on any atom is -0.477 e. The van der Waals surface area contributed by atoms with Crippen molar-refractivity contribution in [2.24, 2.45) is 0 Å². The van der Waals surface area contributed by atoms with Gasteiger partial charge in [0.15, 0.2) is 6.10 Å². The quantitative estimate of drug-likeness (QED) is 0.797. The predicted octanol–water partition coefficient (Wildman–Crippen LogP) is 1.83. The van der Waals surface area contributed by atoms with Gasteiger partial charge in [0.05, 0.1) is 0 Å². The van der Waals surface area contributed by atoms with E-state index in [0.717, 1.165) is 11.8 Å². The van der Waals surface area contributed by atoms with Crippen molar-refractivity contribution < 1.29 is 24.2 Å². The third-order valence-corrected chi connectivity index (χ3v) is 6.15. The Morgan fingerprint density at radius 3 is 2.71 bits per heavy atom. The lowest BCUT2D eigenvalue weighted by molar-refractivity contribution is -0.162. The van der Waals surface area contributed by atoms with Crippen LogP contribution in [0.4, 0.5) is 0 Å². The lowest BCUT2D eigenvalue weighted by Gasteiger charge is -2.48. The molecule has 2 aliphatic heterocycles. The molecule has 2 atom stereocenters. The first-order chi connectivity index (χ1) is 11.5. The topological polar surface area (TPSA) is 83.9 Å². The molecule has 0 aromatic heterocycles. The minimum absolute atomic E-state index is 0.00888. The summed E-state index contributed by atoms with van der Waals surface area (Å²) in [4.78, 5) is 37.1. The zero-order valence-corrected chi connectivity index (χ0v) is 14.4. The first kappa shape index (κ1) is 17.1. The molecule has 0 radical (unpaired) electrons. The molecule has 1 fully saturated rings.